The summed E-state index contributed by atoms with van der Waals surface area (Å²) >= 11 is 0. The number of rotatable bonds is 6. The first-order chi connectivity index (χ1) is 14.3. The van der Waals surface area contributed by atoms with Gasteiger partial charge in [-0.3, -0.25) is 4.79 Å². The Hall–Kier alpha value is -1.77. The summed E-state index contributed by atoms with van der Waals surface area (Å²) in [5.41, 5.74) is -3.66. The largest absolute Gasteiger partial charge is 0.416 e. The van der Waals surface area contributed by atoms with Gasteiger partial charge in [0, 0.05) is 11.6 Å². The number of hydrogen-bond acceptors (Lipinski definition) is 2. The fourth-order valence-corrected chi connectivity index (χ4v) is 4.38. The van der Waals surface area contributed by atoms with E-state index in [0.29, 0.717) is 24.5 Å². The molecule has 1 saturated carbocycles. The number of alkyl halides is 6. The molecule has 0 radical (unpaired) electrons. The second-order valence-corrected chi connectivity index (χ2v) is 9.26. The Morgan fingerprint density at radius 3 is 2.10 bits per heavy atom. The average Bonchev–Trinajstić information content (AvgIpc) is 3.32. The van der Waals surface area contributed by atoms with Crippen molar-refractivity contribution < 1.29 is 31.1 Å². The fraction of sp³-hybridized carbons (Fsp3) is 0.682. The summed E-state index contributed by atoms with van der Waals surface area (Å²) < 4.78 is 78.2. The van der Waals surface area contributed by atoms with E-state index in [0.717, 1.165) is 45.3 Å². The molecule has 1 spiro atoms. The van der Waals surface area contributed by atoms with Crippen LogP contribution in [0.4, 0.5) is 26.3 Å². The number of benzene rings is 1. The number of nitrogens with zero attached hydrogens (tertiary/aromatic N) is 1. The Morgan fingerprint density at radius 1 is 1.06 bits per heavy atom. The van der Waals surface area contributed by atoms with E-state index in [1.165, 1.54) is 0 Å². The monoisotopic (exact) mass is 450 g/mol. The molecule has 174 valence electrons. The maximum atomic E-state index is 13.0. The number of carbonyl (C=O) groups is 1. The summed E-state index contributed by atoms with van der Waals surface area (Å²) in [4.78, 5) is 14.9. The molecule has 2 aliphatic rings. The lowest BCUT2D eigenvalue weighted by Crippen LogP contribution is -2.39. The van der Waals surface area contributed by atoms with E-state index in [2.05, 4.69) is 24.1 Å². The Kier molecular flexibility index (Phi) is 6.65. The summed E-state index contributed by atoms with van der Waals surface area (Å²) in [6, 6.07) is 0.792. The van der Waals surface area contributed by atoms with Gasteiger partial charge < -0.3 is 10.2 Å². The molecule has 9 heteroatoms. The minimum absolute atomic E-state index is 0.0321. The molecule has 1 N–H and O–H groups in total. The number of nitrogens with one attached hydrogen (secondary N) is 1. The molecule has 1 saturated heterocycles. The van der Waals surface area contributed by atoms with Crippen molar-refractivity contribution in [3.63, 3.8) is 0 Å². The second-order valence-electron chi connectivity index (χ2n) is 9.26. The molecule has 0 bridgehead atoms. The zero-order valence-corrected chi connectivity index (χ0v) is 17.7. The van der Waals surface area contributed by atoms with E-state index in [9.17, 15) is 31.1 Å². The van der Waals surface area contributed by atoms with Crippen LogP contribution in [-0.4, -0.2) is 36.5 Å². The predicted molar refractivity (Wildman–Crippen MR) is 104 cm³/mol. The van der Waals surface area contributed by atoms with Crippen LogP contribution >= 0.6 is 0 Å². The van der Waals surface area contributed by atoms with Crippen LogP contribution in [0.1, 0.15) is 67.4 Å². The number of hydrogen-bond donors (Lipinski definition) is 1. The highest BCUT2D eigenvalue weighted by Gasteiger charge is 2.55. The SMILES string of the molecule is CC(C)CCCN1CCC2(CC1)C[C@H]2NC(=O)c1cc(C(F)(F)F)cc(C(F)(F)F)c1. The van der Waals surface area contributed by atoms with Crippen molar-refractivity contribution in [2.75, 3.05) is 19.6 Å². The van der Waals surface area contributed by atoms with Crippen molar-refractivity contribution in [3.05, 3.63) is 34.9 Å². The number of piperidine rings is 1. The van der Waals surface area contributed by atoms with Crippen molar-refractivity contribution in [3.8, 4) is 0 Å². The van der Waals surface area contributed by atoms with E-state index >= 15 is 0 Å². The van der Waals surface area contributed by atoms with Crippen molar-refractivity contribution in [2.24, 2.45) is 11.3 Å². The van der Waals surface area contributed by atoms with Crippen LogP contribution < -0.4 is 5.32 Å². The van der Waals surface area contributed by atoms with Gasteiger partial charge >= 0.3 is 12.4 Å². The van der Waals surface area contributed by atoms with Crippen LogP contribution in [0.2, 0.25) is 0 Å². The minimum Gasteiger partial charge on any atom is -0.349 e. The second kappa shape index (κ2) is 8.64. The van der Waals surface area contributed by atoms with Crippen LogP contribution in [0.3, 0.4) is 0 Å². The van der Waals surface area contributed by atoms with E-state index in [1.54, 1.807) is 0 Å². The predicted octanol–water partition coefficient (Wildman–Crippen LogP) is 5.74. The molecule has 2 fully saturated rings. The number of halogens is 6. The lowest BCUT2D eigenvalue weighted by atomic mass is 9.92. The Balaban J connectivity index is 1.61. The molecule has 3 rings (SSSR count). The first-order valence-electron chi connectivity index (χ1n) is 10.6. The van der Waals surface area contributed by atoms with Gasteiger partial charge in [-0.15, -0.1) is 0 Å². The highest BCUT2D eigenvalue weighted by molar-refractivity contribution is 5.95. The van der Waals surface area contributed by atoms with Gasteiger partial charge in [0.1, 0.15) is 0 Å². The van der Waals surface area contributed by atoms with Crippen molar-refractivity contribution >= 4 is 5.91 Å². The van der Waals surface area contributed by atoms with Gasteiger partial charge in [-0.1, -0.05) is 13.8 Å². The maximum absolute atomic E-state index is 13.0. The summed E-state index contributed by atoms with van der Waals surface area (Å²) in [6.07, 6.45) is -5.20. The molecule has 1 aliphatic heterocycles. The van der Waals surface area contributed by atoms with Gasteiger partial charge in [-0.05, 0) is 81.3 Å². The van der Waals surface area contributed by atoms with E-state index in [1.807, 2.05) is 0 Å². The van der Waals surface area contributed by atoms with Gasteiger partial charge in [0.05, 0.1) is 11.1 Å². The highest BCUT2D eigenvalue weighted by Crippen LogP contribution is 2.54. The molecule has 3 nitrogen and oxygen atoms in total. The lowest BCUT2D eigenvalue weighted by Gasteiger charge is -2.33. The first-order valence-corrected chi connectivity index (χ1v) is 10.6. The standard InChI is InChI=1S/C22H28F6N2O/c1-14(2)4-3-7-30-8-5-20(6-9-30)13-18(20)29-19(31)15-10-16(21(23,24)25)12-17(11-15)22(26,27)28/h10-12,14,18H,3-9,13H2,1-2H3,(H,29,31)/t18-/m1/s1. The number of carbonyl (C=O) groups excluding carboxylic acids is 1. The van der Waals surface area contributed by atoms with Crippen molar-refractivity contribution in [2.45, 2.75) is 64.3 Å². The van der Waals surface area contributed by atoms with Crippen molar-refractivity contribution in [1.29, 1.82) is 0 Å². The van der Waals surface area contributed by atoms with Crippen LogP contribution in [0, 0.1) is 11.3 Å². The summed E-state index contributed by atoms with van der Waals surface area (Å²) in [7, 11) is 0. The smallest absolute Gasteiger partial charge is 0.349 e. The van der Waals surface area contributed by atoms with E-state index < -0.39 is 35.0 Å². The third-order valence-corrected chi connectivity index (χ3v) is 6.45. The Bertz CT molecular complexity index is 762. The Labute approximate surface area is 178 Å². The molecule has 1 aromatic rings. The zero-order chi connectivity index (χ0) is 23.0. The first kappa shape index (κ1) is 23.9. The molecular weight excluding hydrogens is 422 g/mol. The van der Waals surface area contributed by atoms with Gasteiger partial charge in [-0.2, -0.15) is 26.3 Å². The van der Waals surface area contributed by atoms with Gasteiger partial charge in [0.2, 0.25) is 0 Å². The molecule has 1 aliphatic carbocycles. The fourth-order valence-electron chi connectivity index (χ4n) is 4.38. The molecule has 1 amide bonds. The summed E-state index contributed by atoms with van der Waals surface area (Å²) in [5.74, 6) is -0.231. The summed E-state index contributed by atoms with van der Waals surface area (Å²) in [6.45, 7) is 7.18. The van der Waals surface area contributed by atoms with Crippen LogP contribution in [0.15, 0.2) is 18.2 Å². The summed E-state index contributed by atoms with van der Waals surface area (Å²) in [5, 5.41) is 2.67. The van der Waals surface area contributed by atoms with Crippen LogP contribution in [0.5, 0.6) is 0 Å². The van der Waals surface area contributed by atoms with Crippen LogP contribution in [-0.2, 0) is 12.4 Å². The molecule has 1 aromatic carbocycles. The zero-order valence-electron chi connectivity index (χ0n) is 17.7. The number of likely N-dealkylation sites (tertiary alicyclic amines) is 1. The van der Waals surface area contributed by atoms with E-state index in [-0.39, 0.29) is 17.5 Å². The molecule has 0 unspecified atom stereocenters. The average molecular weight is 450 g/mol. The Morgan fingerprint density at radius 2 is 1.61 bits per heavy atom. The number of amides is 1. The highest BCUT2D eigenvalue weighted by atomic mass is 19.4. The van der Waals surface area contributed by atoms with E-state index in [4.69, 9.17) is 0 Å². The van der Waals surface area contributed by atoms with Gasteiger partial charge in [0.15, 0.2) is 0 Å². The third-order valence-electron chi connectivity index (χ3n) is 6.45. The lowest BCUT2D eigenvalue weighted by molar-refractivity contribution is -0.143. The molecule has 31 heavy (non-hydrogen) atoms. The topological polar surface area (TPSA) is 32.3 Å². The quantitative estimate of drug-likeness (QED) is 0.560. The normalized spacial score (nSPS) is 21.5. The van der Waals surface area contributed by atoms with Crippen molar-refractivity contribution in [1.82, 2.24) is 10.2 Å². The van der Waals surface area contributed by atoms with Gasteiger partial charge in [0.25, 0.3) is 5.91 Å². The van der Waals surface area contributed by atoms with Crippen LogP contribution in [0.25, 0.3) is 0 Å². The third kappa shape index (κ3) is 5.93. The minimum atomic E-state index is -4.97. The molecule has 1 heterocycles. The molecule has 1 atom stereocenters. The molecule has 0 aromatic heterocycles. The molecular formula is C22H28F6N2O. The van der Waals surface area contributed by atoms with Gasteiger partial charge in [-0.25, -0.2) is 0 Å². The maximum Gasteiger partial charge on any atom is 0.416 e.